The van der Waals surface area contributed by atoms with Crippen LogP contribution in [0.1, 0.15) is 44.1 Å². The summed E-state index contributed by atoms with van der Waals surface area (Å²) in [5.41, 5.74) is 3.04. The van der Waals surface area contributed by atoms with Gasteiger partial charge < -0.3 is 14.5 Å². The van der Waals surface area contributed by atoms with Crippen molar-refractivity contribution in [1.82, 2.24) is 19.7 Å². The van der Waals surface area contributed by atoms with Gasteiger partial charge in [-0.15, -0.1) is 0 Å². The third-order valence-electron chi connectivity index (χ3n) is 6.51. The van der Waals surface area contributed by atoms with E-state index in [1.165, 1.54) is 0 Å². The predicted molar refractivity (Wildman–Crippen MR) is 136 cm³/mol. The molecule has 1 aliphatic rings. The highest BCUT2D eigenvalue weighted by Gasteiger charge is 2.26. The molecule has 0 spiro atoms. The van der Waals surface area contributed by atoms with Crippen LogP contribution in [0, 0.1) is 5.92 Å². The highest BCUT2D eigenvalue weighted by Crippen LogP contribution is 2.27. The fraction of sp³-hybridized carbons (Fsp3) is 0.407. The first kappa shape index (κ1) is 24.4. The number of rotatable bonds is 8. The lowest BCUT2D eigenvalue weighted by molar-refractivity contribution is -0.136. The third-order valence-corrected chi connectivity index (χ3v) is 6.51. The first-order chi connectivity index (χ1) is 17.0. The van der Waals surface area contributed by atoms with Gasteiger partial charge in [-0.05, 0) is 50.1 Å². The lowest BCUT2D eigenvalue weighted by Crippen LogP contribution is -2.50. The molecule has 3 aromatic rings. The van der Waals surface area contributed by atoms with Gasteiger partial charge in [-0.1, -0.05) is 32.0 Å². The maximum atomic E-state index is 12.7. The molecule has 1 aromatic carbocycles. The molecule has 1 amide bonds. The Kier molecular flexibility index (Phi) is 7.80. The number of amides is 1. The van der Waals surface area contributed by atoms with Gasteiger partial charge in [0.15, 0.2) is 11.5 Å². The number of hydrogen-bond acceptors (Lipinski definition) is 6. The molecule has 1 saturated heterocycles. The van der Waals surface area contributed by atoms with Crippen molar-refractivity contribution in [3.8, 4) is 17.1 Å². The van der Waals surface area contributed by atoms with Gasteiger partial charge in [0.25, 0.3) is 0 Å². The summed E-state index contributed by atoms with van der Waals surface area (Å²) in [5.74, 6) is 0.579. The maximum Gasteiger partial charge on any atom is 0.358 e. The van der Waals surface area contributed by atoms with Crippen molar-refractivity contribution in [2.24, 2.45) is 5.92 Å². The fourth-order valence-corrected chi connectivity index (χ4v) is 4.47. The van der Waals surface area contributed by atoms with Crippen LogP contribution in [-0.4, -0.2) is 64.3 Å². The molecule has 35 heavy (non-hydrogen) atoms. The van der Waals surface area contributed by atoms with E-state index >= 15 is 0 Å². The van der Waals surface area contributed by atoms with Crippen molar-refractivity contribution in [1.29, 1.82) is 0 Å². The van der Waals surface area contributed by atoms with Gasteiger partial charge in [0.1, 0.15) is 0 Å². The van der Waals surface area contributed by atoms with Gasteiger partial charge in [-0.2, -0.15) is 5.10 Å². The highest BCUT2D eigenvalue weighted by atomic mass is 16.5. The fourth-order valence-electron chi connectivity index (χ4n) is 4.47. The van der Waals surface area contributed by atoms with Crippen LogP contribution in [0.3, 0.4) is 0 Å². The molecule has 0 N–H and O–H groups in total. The lowest BCUT2D eigenvalue weighted by atomic mass is 10.0. The molecule has 0 saturated carbocycles. The summed E-state index contributed by atoms with van der Waals surface area (Å²) >= 11 is 0. The summed E-state index contributed by atoms with van der Waals surface area (Å²) in [6.07, 6.45) is 3.48. The van der Waals surface area contributed by atoms with Crippen LogP contribution >= 0.6 is 0 Å². The SMILES string of the molecule is CCOC(=O)c1cc(-c2ccc(N3CCN(C(=O)C(CC)CC)CC3)cc2)n(-c2ccccn2)n1. The number of esters is 1. The molecule has 8 nitrogen and oxygen atoms in total. The summed E-state index contributed by atoms with van der Waals surface area (Å²) in [6.45, 7) is 9.33. The molecule has 2 aromatic heterocycles. The van der Waals surface area contributed by atoms with E-state index < -0.39 is 5.97 Å². The zero-order chi connectivity index (χ0) is 24.8. The van der Waals surface area contributed by atoms with Gasteiger partial charge >= 0.3 is 5.97 Å². The van der Waals surface area contributed by atoms with Gasteiger partial charge in [0.05, 0.1) is 12.3 Å². The maximum absolute atomic E-state index is 12.7. The predicted octanol–water partition coefficient (Wildman–Crippen LogP) is 4.20. The summed E-state index contributed by atoms with van der Waals surface area (Å²) < 4.78 is 6.82. The molecule has 1 fully saturated rings. The summed E-state index contributed by atoms with van der Waals surface area (Å²) in [6, 6.07) is 15.5. The van der Waals surface area contributed by atoms with Crippen molar-refractivity contribution < 1.29 is 14.3 Å². The molecule has 0 bridgehead atoms. The molecular weight excluding hydrogens is 442 g/mol. The zero-order valence-corrected chi connectivity index (χ0v) is 20.7. The second-order valence-electron chi connectivity index (χ2n) is 8.61. The number of carbonyl (C=O) groups excluding carboxylic acids is 2. The Morgan fingerprint density at radius 3 is 2.29 bits per heavy atom. The van der Waals surface area contributed by atoms with Crippen molar-refractivity contribution >= 4 is 17.6 Å². The van der Waals surface area contributed by atoms with E-state index in [-0.39, 0.29) is 24.1 Å². The molecule has 0 aliphatic carbocycles. The molecule has 0 atom stereocenters. The lowest BCUT2D eigenvalue weighted by Gasteiger charge is -2.37. The van der Waals surface area contributed by atoms with E-state index in [4.69, 9.17) is 4.74 Å². The van der Waals surface area contributed by atoms with E-state index in [1.807, 2.05) is 35.2 Å². The van der Waals surface area contributed by atoms with E-state index in [1.54, 1.807) is 23.9 Å². The quantitative estimate of drug-likeness (QED) is 0.455. The Hall–Kier alpha value is -3.68. The second kappa shape index (κ2) is 11.2. The minimum absolute atomic E-state index is 0.129. The van der Waals surface area contributed by atoms with Crippen LogP contribution < -0.4 is 4.90 Å². The van der Waals surface area contributed by atoms with Crippen molar-refractivity contribution in [3.63, 3.8) is 0 Å². The Labute approximate surface area is 206 Å². The van der Waals surface area contributed by atoms with Crippen LogP contribution in [0.25, 0.3) is 17.1 Å². The average molecular weight is 476 g/mol. The molecule has 0 radical (unpaired) electrons. The Bertz CT molecular complexity index is 1130. The first-order valence-corrected chi connectivity index (χ1v) is 12.4. The van der Waals surface area contributed by atoms with E-state index in [0.29, 0.717) is 5.82 Å². The average Bonchev–Trinajstić information content (AvgIpc) is 3.36. The Balaban J connectivity index is 1.52. The number of carbonyl (C=O) groups is 2. The standard InChI is InChI=1S/C27H33N5O3/c1-4-20(5-2)26(33)31-17-15-30(16-18-31)22-12-10-21(11-13-22)24-19-23(27(34)35-6-3)29-32(24)25-9-7-8-14-28-25/h7-14,19-20H,4-6,15-18H2,1-3H3. The van der Waals surface area contributed by atoms with Crippen molar-refractivity contribution in [3.05, 3.63) is 60.4 Å². The van der Waals surface area contributed by atoms with E-state index in [2.05, 4.69) is 41.0 Å². The number of piperazine rings is 1. The molecule has 3 heterocycles. The number of pyridine rings is 1. The first-order valence-electron chi connectivity index (χ1n) is 12.4. The molecule has 0 unspecified atom stereocenters. The number of ether oxygens (including phenoxy) is 1. The molecular formula is C27H33N5O3. The van der Waals surface area contributed by atoms with Crippen LogP contribution in [-0.2, 0) is 9.53 Å². The smallest absolute Gasteiger partial charge is 0.358 e. The van der Waals surface area contributed by atoms with E-state index in [9.17, 15) is 9.59 Å². The normalized spacial score (nSPS) is 13.8. The largest absolute Gasteiger partial charge is 0.461 e. The summed E-state index contributed by atoms with van der Waals surface area (Å²) in [5, 5.41) is 4.47. The number of hydrogen-bond donors (Lipinski definition) is 0. The number of benzene rings is 1. The molecule has 1 aliphatic heterocycles. The van der Waals surface area contributed by atoms with Crippen LogP contribution in [0.5, 0.6) is 0 Å². The molecule has 4 rings (SSSR count). The molecule has 184 valence electrons. The molecule has 8 heteroatoms. The van der Waals surface area contributed by atoms with Gasteiger partial charge in [-0.3, -0.25) is 4.79 Å². The topological polar surface area (TPSA) is 80.6 Å². The minimum atomic E-state index is -0.458. The van der Waals surface area contributed by atoms with Crippen LogP contribution in [0.15, 0.2) is 54.7 Å². The zero-order valence-electron chi connectivity index (χ0n) is 20.7. The minimum Gasteiger partial charge on any atom is -0.461 e. The third kappa shape index (κ3) is 5.37. The number of anilines is 1. The highest BCUT2D eigenvalue weighted by molar-refractivity contribution is 5.89. The monoisotopic (exact) mass is 475 g/mol. The van der Waals surface area contributed by atoms with Gasteiger partial charge in [-0.25, -0.2) is 14.5 Å². The summed E-state index contributed by atoms with van der Waals surface area (Å²) in [4.78, 5) is 33.8. The van der Waals surface area contributed by atoms with Crippen molar-refractivity contribution in [2.75, 3.05) is 37.7 Å². The van der Waals surface area contributed by atoms with Crippen molar-refractivity contribution in [2.45, 2.75) is 33.6 Å². The Morgan fingerprint density at radius 2 is 1.69 bits per heavy atom. The van der Waals surface area contributed by atoms with Crippen LogP contribution in [0.4, 0.5) is 5.69 Å². The Morgan fingerprint density at radius 1 is 0.971 bits per heavy atom. The number of nitrogens with zero attached hydrogens (tertiary/aromatic N) is 5. The van der Waals surface area contributed by atoms with Gasteiger partial charge in [0.2, 0.25) is 5.91 Å². The van der Waals surface area contributed by atoms with E-state index in [0.717, 1.165) is 56.0 Å². The number of aromatic nitrogens is 3. The summed E-state index contributed by atoms with van der Waals surface area (Å²) in [7, 11) is 0. The van der Waals surface area contributed by atoms with Crippen LogP contribution in [0.2, 0.25) is 0 Å². The van der Waals surface area contributed by atoms with Gasteiger partial charge in [0, 0.05) is 49.5 Å². The second-order valence-corrected chi connectivity index (χ2v) is 8.61.